The van der Waals surface area contributed by atoms with Crippen molar-refractivity contribution in [3.8, 4) is 0 Å². The minimum atomic E-state index is -5.69. The first-order valence-corrected chi connectivity index (χ1v) is 5.90. The molecule has 0 spiro atoms. The molecule has 11 heteroatoms. The summed E-state index contributed by atoms with van der Waals surface area (Å²) in [6.45, 7) is 0. The Balaban J connectivity index is 4.65. The van der Waals surface area contributed by atoms with E-state index in [0.29, 0.717) is 0 Å². The molecule has 0 radical (unpaired) electrons. The summed E-state index contributed by atoms with van der Waals surface area (Å²) in [6.07, 6.45) is -2.61. The predicted octanol–water partition coefficient (Wildman–Crippen LogP) is -4.50. The molecule has 0 aliphatic rings. The highest BCUT2D eigenvalue weighted by molar-refractivity contribution is 7.85. The second kappa shape index (κ2) is 4.34. The molecule has 0 aromatic heterocycles. The Hall–Kier alpha value is -0.510. The average molecular weight is 246 g/mol. The molecule has 0 aliphatic carbocycles. The van der Waals surface area contributed by atoms with E-state index in [1.807, 2.05) is 0 Å². The molecule has 0 fully saturated rings. The van der Waals surface area contributed by atoms with Gasteiger partial charge in [0, 0.05) is 0 Å². The van der Waals surface area contributed by atoms with Gasteiger partial charge in [-0.1, -0.05) is 0 Å². The number of phosphoric acid groups is 1. The zero-order valence-corrected chi connectivity index (χ0v) is 8.03. The summed E-state index contributed by atoms with van der Waals surface area (Å²) in [6, 6.07) is 0. The van der Waals surface area contributed by atoms with E-state index in [2.05, 4.69) is 4.52 Å². The third-order valence-corrected chi connectivity index (χ3v) is 2.10. The minimum Gasteiger partial charge on any atom is -0.790 e. The largest absolute Gasteiger partial charge is 0.790 e. The van der Waals surface area contributed by atoms with E-state index in [1.165, 1.54) is 0 Å². The van der Waals surface area contributed by atoms with Crippen LogP contribution in [0.4, 0.5) is 0 Å². The number of carboxylic acid groups (broad SMARTS) is 1. The summed E-state index contributed by atoms with van der Waals surface area (Å²) >= 11 is 0. The molecule has 0 saturated carbocycles. The van der Waals surface area contributed by atoms with Crippen LogP contribution in [0.2, 0.25) is 0 Å². The van der Waals surface area contributed by atoms with Crippen LogP contribution in [0.5, 0.6) is 0 Å². The zero-order chi connectivity index (χ0) is 11.6. The lowest BCUT2D eigenvalue weighted by atomic mass is 10.4. The molecular formula is C3H3O9PS-4. The minimum absolute atomic E-state index is 1.69. The van der Waals surface area contributed by atoms with Crippen LogP contribution in [-0.2, 0) is 24.0 Å². The van der Waals surface area contributed by atoms with Gasteiger partial charge in [0.1, 0.15) is 6.10 Å². The van der Waals surface area contributed by atoms with Gasteiger partial charge in [0.2, 0.25) is 0 Å². The van der Waals surface area contributed by atoms with Gasteiger partial charge >= 0.3 is 0 Å². The normalized spacial score (nSPS) is 15.1. The summed E-state index contributed by atoms with van der Waals surface area (Å²) in [5, 5.41) is 10.0. The third kappa shape index (κ3) is 6.95. The van der Waals surface area contributed by atoms with E-state index < -0.39 is 35.8 Å². The zero-order valence-electron chi connectivity index (χ0n) is 6.31. The first-order chi connectivity index (χ1) is 6.01. The molecule has 9 nitrogen and oxygen atoms in total. The van der Waals surface area contributed by atoms with Crippen molar-refractivity contribution < 1.29 is 41.7 Å². The van der Waals surface area contributed by atoms with Crippen molar-refractivity contribution in [2.75, 3.05) is 5.75 Å². The van der Waals surface area contributed by atoms with Crippen LogP contribution < -0.4 is 14.9 Å². The van der Waals surface area contributed by atoms with Crippen LogP contribution in [0.1, 0.15) is 0 Å². The lowest BCUT2D eigenvalue weighted by Crippen LogP contribution is -2.43. The van der Waals surface area contributed by atoms with Crippen molar-refractivity contribution in [1.82, 2.24) is 0 Å². The van der Waals surface area contributed by atoms with Crippen molar-refractivity contribution in [3.63, 3.8) is 0 Å². The lowest BCUT2D eigenvalue weighted by molar-refractivity contribution is -0.352. The lowest BCUT2D eigenvalue weighted by Gasteiger charge is -2.33. The Morgan fingerprint density at radius 1 is 1.43 bits per heavy atom. The number of aliphatic carboxylic acids is 1. The van der Waals surface area contributed by atoms with Crippen LogP contribution in [0.25, 0.3) is 0 Å². The number of carboxylic acids is 1. The number of hydrogen-bond donors (Lipinski definition) is 0. The van der Waals surface area contributed by atoms with E-state index in [-0.39, 0.29) is 0 Å². The first-order valence-electron chi connectivity index (χ1n) is 2.86. The van der Waals surface area contributed by atoms with Gasteiger partial charge in [-0.3, -0.25) is 0 Å². The van der Waals surface area contributed by atoms with Gasteiger partial charge in [-0.2, -0.15) is 0 Å². The quantitative estimate of drug-likeness (QED) is 0.342. The number of carbonyl (C=O) groups excluding carboxylic acids is 1. The maximum atomic E-state index is 10.0. The Labute approximate surface area is 78.3 Å². The van der Waals surface area contributed by atoms with Gasteiger partial charge in [-0.15, -0.1) is 0 Å². The molecule has 0 heterocycles. The summed E-state index contributed by atoms with van der Waals surface area (Å²) in [5.74, 6) is -3.97. The van der Waals surface area contributed by atoms with Crippen LogP contribution in [0.15, 0.2) is 0 Å². The topological polar surface area (TPSA) is 170 Å². The predicted molar refractivity (Wildman–Crippen MR) is 32.1 cm³/mol. The SMILES string of the molecule is O=C([O-])[C@@H](CS(=O)(=O)[O-])OP(=O)([O-])[O-]. The van der Waals surface area contributed by atoms with Crippen LogP contribution in [0, 0.1) is 0 Å². The smallest absolute Gasteiger partial charge is 0.115 e. The van der Waals surface area contributed by atoms with E-state index >= 15 is 0 Å². The number of hydrogen-bond acceptors (Lipinski definition) is 9. The second-order valence-corrected chi connectivity index (χ2v) is 4.64. The fourth-order valence-electron chi connectivity index (χ4n) is 0.483. The summed E-state index contributed by atoms with van der Waals surface area (Å²) in [5.41, 5.74) is 0. The fraction of sp³-hybridized carbons (Fsp3) is 0.667. The highest BCUT2D eigenvalue weighted by atomic mass is 32.2. The van der Waals surface area contributed by atoms with Crippen LogP contribution in [-0.4, -0.2) is 30.8 Å². The standard InChI is InChI=1S/C3H7O9PS/c4-3(5)2(1-14(9,10)11)12-13(6,7)8/h2H,1H2,(H,4,5)(H2,6,7,8)(H,9,10,11)/p-4/t2-/m1/s1. The molecule has 0 bridgehead atoms. The molecule has 1 atom stereocenters. The molecule has 0 aromatic rings. The van der Waals surface area contributed by atoms with Crippen molar-refractivity contribution in [3.05, 3.63) is 0 Å². The summed E-state index contributed by atoms with van der Waals surface area (Å²) in [4.78, 5) is 29.8. The number of phosphoric ester groups is 1. The Kier molecular flexibility index (Phi) is 4.18. The monoisotopic (exact) mass is 246 g/mol. The molecule has 0 rings (SSSR count). The highest BCUT2D eigenvalue weighted by Gasteiger charge is 2.15. The first kappa shape index (κ1) is 13.5. The van der Waals surface area contributed by atoms with Gasteiger partial charge in [0.15, 0.2) is 0 Å². The van der Waals surface area contributed by atoms with Gasteiger partial charge in [0.05, 0.1) is 29.7 Å². The van der Waals surface area contributed by atoms with Crippen molar-refractivity contribution >= 4 is 23.9 Å². The second-order valence-electron chi connectivity index (χ2n) is 2.08. The highest BCUT2D eigenvalue weighted by Crippen LogP contribution is 2.27. The van der Waals surface area contributed by atoms with Crippen LogP contribution in [0.3, 0.4) is 0 Å². The van der Waals surface area contributed by atoms with Crippen molar-refractivity contribution in [2.45, 2.75) is 6.10 Å². The van der Waals surface area contributed by atoms with Gasteiger partial charge < -0.3 is 33.3 Å². The molecule has 0 aliphatic heterocycles. The average Bonchev–Trinajstić information content (AvgIpc) is 1.78. The molecule has 0 amide bonds. The molecule has 0 saturated heterocycles. The molecule has 0 N–H and O–H groups in total. The maximum absolute atomic E-state index is 10.0. The van der Waals surface area contributed by atoms with Crippen LogP contribution >= 0.6 is 7.82 Å². The van der Waals surface area contributed by atoms with Gasteiger partial charge in [-0.05, 0) is 0 Å². The number of rotatable bonds is 5. The molecular weight excluding hydrogens is 243 g/mol. The van der Waals surface area contributed by atoms with E-state index in [9.17, 15) is 37.2 Å². The Morgan fingerprint density at radius 2 is 1.86 bits per heavy atom. The molecule has 0 aromatic carbocycles. The fourth-order valence-corrected chi connectivity index (χ4v) is 1.63. The van der Waals surface area contributed by atoms with E-state index in [4.69, 9.17) is 0 Å². The third-order valence-electron chi connectivity index (χ3n) is 0.875. The van der Waals surface area contributed by atoms with Gasteiger partial charge in [0.25, 0.3) is 0 Å². The van der Waals surface area contributed by atoms with E-state index in [0.717, 1.165) is 0 Å². The number of carbonyl (C=O) groups is 1. The molecule has 0 unspecified atom stereocenters. The summed E-state index contributed by atoms with van der Waals surface area (Å²) < 4.78 is 43.2. The van der Waals surface area contributed by atoms with Gasteiger partial charge in [-0.25, -0.2) is 8.42 Å². The molecule has 84 valence electrons. The maximum Gasteiger partial charge on any atom is 0.115 e. The Bertz CT molecular complexity index is 350. The van der Waals surface area contributed by atoms with Crippen molar-refractivity contribution in [1.29, 1.82) is 0 Å². The summed E-state index contributed by atoms with van der Waals surface area (Å²) in [7, 11) is -10.7. The Morgan fingerprint density at radius 3 is 2.07 bits per heavy atom. The van der Waals surface area contributed by atoms with Crippen molar-refractivity contribution in [2.24, 2.45) is 0 Å². The molecule has 14 heavy (non-hydrogen) atoms. The van der Waals surface area contributed by atoms with E-state index in [1.54, 1.807) is 0 Å².